The van der Waals surface area contributed by atoms with Crippen LogP contribution in [0.15, 0.2) is 54.6 Å². The second-order valence-corrected chi connectivity index (χ2v) is 7.70. The molecule has 1 heterocycles. The average Bonchev–Trinajstić information content (AvgIpc) is 2.67. The zero-order valence-electron chi connectivity index (χ0n) is 16.4. The summed E-state index contributed by atoms with van der Waals surface area (Å²) in [4.78, 5) is 17.0. The van der Waals surface area contributed by atoms with Crippen LogP contribution in [-0.4, -0.2) is 55.0 Å². The Morgan fingerprint density at radius 2 is 1.82 bits per heavy atom. The third-order valence-corrected chi connectivity index (χ3v) is 5.18. The minimum atomic E-state index is 0.0810. The van der Waals surface area contributed by atoms with Gasteiger partial charge in [-0.1, -0.05) is 48.0 Å². The van der Waals surface area contributed by atoms with Gasteiger partial charge in [-0.25, -0.2) is 0 Å². The number of carbonyl (C=O) groups is 1. The zero-order chi connectivity index (χ0) is 19.8. The molecule has 0 saturated carbocycles. The van der Waals surface area contributed by atoms with Crippen LogP contribution in [0.5, 0.6) is 0 Å². The highest BCUT2D eigenvalue weighted by Gasteiger charge is 2.16. The maximum atomic E-state index is 12.2. The minimum absolute atomic E-state index is 0.0810. The van der Waals surface area contributed by atoms with Crippen LogP contribution in [0.25, 0.3) is 6.08 Å². The molecule has 0 unspecified atom stereocenters. The van der Waals surface area contributed by atoms with E-state index in [1.54, 1.807) is 0 Å². The van der Waals surface area contributed by atoms with Crippen molar-refractivity contribution in [2.45, 2.75) is 13.3 Å². The SMILES string of the molecule is Cc1cccc(NC(=O)CCN2CCN(C/C=C/c3cccc(Cl)c3)CC2)c1. The van der Waals surface area contributed by atoms with E-state index >= 15 is 0 Å². The first-order valence-corrected chi connectivity index (χ1v) is 10.2. The summed E-state index contributed by atoms with van der Waals surface area (Å²) in [6, 6.07) is 15.8. The number of anilines is 1. The third kappa shape index (κ3) is 6.79. The zero-order valence-corrected chi connectivity index (χ0v) is 17.2. The summed E-state index contributed by atoms with van der Waals surface area (Å²) in [5.41, 5.74) is 3.16. The van der Waals surface area contributed by atoms with Gasteiger partial charge in [-0.15, -0.1) is 0 Å². The highest BCUT2D eigenvalue weighted by atomic mass is 35.5. The Balaban J connectivity index is 1.34. The van der Waals surface area contributed by atoms with Crippen molar-refractivity contribution in [3.63, 3.8) is 0 Å². The molecule has 2 aromatic rings. The third-order valence-electron chi connectivity index (χ3n) is 4.94. The van der Waals surface area contributed by atoms with E-state index in [0.717, 1.165) is 61.1 Å². The number of rotatable bonds is 7. The molecule has 1 aliphatic heterocycles. The predicted molar refractivity (Wildman–Crippen MR) is 118 cm³/mol. The van der Waals surface area contributed by atoms with E-state index < -0.39 is 0 Å². The smallest absolute Gasteiger partial charge is 0.225 e. The van der Waals surface area contributed by atoms with Crippen molar-refractivity contribution < 1.29 is 4.79 Å². The molecule has 4 nitrogen and oxygen atoms in total. The number of halogens is 1. The fourth-order valence-electron chi connectivity index (χ4n) is 3.35. The Morgan fingerprint density at radius 1 is 1.07 bits per heavy atom. The van der Waals surface area contributed by atoms with Crippen molar-refractivity contribution in [3.8, 4) is 0 Å². The van der Waals surface area contributed by atoms with E-state index in [2.05, 4.69) is 33.3 Å². The molecule has 0 aromatic heterocycles. The quantitative estimate of drug-likeness (QED) is 0.756. The van der Waals surface area contributed by atoms with Crippen LogP contribution in [0, 0.1) is 6.92 Å². The number of aryl methyl sites for hydroxylation is 1. The number of nitrogens with zero attached hydrogens (tertiary/aromatic N) is 2. The van der Waals surface area contributed by atoms with Crippen molar-refractivity contribution in [3.05, 3.63) is 70.8 Å². The molecule has 1 fully saturated rings. The summed E-state index contributed by atoms with van der Waals surface area (Å²) in [6.07, 6.45) is 4.84. The molecular formula is C23H28ClN3O. The molecule has 3 rings (SSSR count). The number of amides is 1. The summed E-state index contributed by atoms with van der Waals surface area (Å²) in [5, 5.41) is 3.75. The van der Waals surface area contributed by atoms with Gasteiger partial charge in [-0.3, -0.25) is 9.69 Å². The van der Waals surface area contributed by atoms with Crippen LogP contribution in [0.3, 0.4) is 0 Å². The van der Waals surface area contributed by atoms with Crippen LogP contribution in [-0.2, 0) is 4.79 Å². The molecule has 0 aliphatic carbocycles. The van der Waals surface area contributed by atoms with Crippen molar-refractivity contribution in [1.29, 1.82) is 0 Å². The van der Waals surface area contributed by atoms with Gasteiger partial charge in [0.2, 0.25) is 5.91 Å². The number of hydrogen-bond acceptors (Lipinski definition) is 3. The van der Waals surface area contributed by atoms with Crippen LogP contribution in [0.4, 0.5) is 5.69 Å². The van der Waals surface area contributed by atoms with Gasteiger partial charge in [0.05, 0.1) is 0 Å². The molecule has 0 radical (unpaired) electrons. The van der Waals surface area contributed by atoms with Crippen molar-refractivity contribution in [1.82, 2.24) is 9.80 Å². The van der Waals surface area contributed by atoms with E-state index in [0.29, 0.717) is 6.42 Å². The van der Waals surface area contributed by atoms with Crippen molar-refractivity contribution >= 4 is 29.3 Å². The summed E-state index contributed by atoms with van der Waals surface area (Å²) < 4.78 is 0. The first-order chi connectivity index (χ1) is 13.6. The van der Waals surface area contributed by atoms with Crippen molar-refractivity contribution in [2.75, 3.05) is 44.6 Å². The fraction of sp³-hybridized carbons (Fsp3) is 0.348. The van der Waals surface area contributed by atoms with Gasteiger partial charge in [0.25, 0.3) is 0 Å². The lowest BCUT2D eigenvalue weighted by molar-refractivity contribution is -0.116. The average molecular weight is 398 g/mol. The van der Waals surface area contributed by atoms with E-state index in [1.807, 2.05) is 49.4 Å². The van der Waals surface area contributed by atoms with E-state index in [9.17, 15) is 4.79 Å². The molecular weight excluding hydrogens is 370 g/mol. The van der Waals surface area contributed by atoms with Gasteiger partial charge in [-0.05, 0) is 42.3 Å². The molecule has 1 N–H and O–H groups in total. The Hall–Kier alpha value is -2.14. The first kappa shape index (κ1) is 20.6. The standard InChI is InChI=1S/C23H28ClN3O/c1-19-5-2-9-22(17-19)25-23(28)10-12-27-15-13-26(14-16-27)11-4-7-20-6-3-8-21(24)18-20/h2-9,17-18H,10-16H2,1H3,(H,25,28)/b7-4+. The van der Waals surface area contributed by atoms with Gasteiger partial charge in [0.15, 0.2) is 0 Å². The Morgan fingerprint density at radius 3 is 2.57 bits per heavy atom. The first-order valence-electron chi connectivity index (χ1n) is 9.82. The Kier molecular flexibility index (Phi) is 7.66. The van der Waals surface area contributed by atoms with Gasteiger partial charge >= 0.3 is 0 Å². The van der Waals surface area contributed by atoms with Crippen LogP contribution in [0.2, 0.25) is 5.02 Å². The van der Waals surface area contributed by atoms with E-state index in [1.165, 1.54) is 0 Å². The van der Waals surface area contributed by atoms with Gasteiger partial charge in [0, 0.05) is 56.4 Å². The second kappa shape index (κ2) is 10.4. The minimum Gasteiger partial charge on any atom is -0.326 e. The number of nitrogens with one attached hydrogen (secondary N) is 1. The topological polar surface area (TPSA) is 35.6 Å². The van der Waals surface area contributed by atoms with Crippen LogP contribution >= 0.6 is 11.6 Å². The van der Waals surface area contributed by atoms with E-state index in [4.69, 9.17) is 11.6 Å². The lowest BCUT2D eigenvalue weighted by atomic mass is 10.2. The van der Waals surface area contributed by atoms with Crippen LogP contribution < -0.4 is 5.32 Å². The summed E-state index contributed by atoms with van der Waals surface area (Å²) in [7, 11) is 0. The Bertz CT molecular complexity index is 813. The molecule has 148 valence electrons. The lowest BCUT2D eigenvalue weighted by Crippen LogP contribution is -2.46. The molecule has 2 aromatic carbocycles. The Labute approximate surface area is 172 Å². The molecule has 1 saturated heterocycles. The van der Waals surface area contributed by atoms with Crippen molar-refractivity contribution in [2.24, 2.45) is 0 Å². The number of piperazine rings is 1. The second-order valence-electron chi connectivity index (χ2n) is 7.27. The molecule has 0 atom stereocenters. The monoisotopic (exact) mass is 397 g/mol. The molecule has 0 bridgehead atoms. The molecule has 1 aliphatic rings. The summed E-state index contributed by atoms with van der Waals surface area (Å²) in [6.45, 7) is 7.83. The molecule has 1 amide bonds. The number of hydrogen-bond donors (Lipinski definition) is 1. The van der Waals surface area contributed by atoms with E-state index in [-0.39, 0.29) is 5.91 Å². The molecule has 28 heavy (non-hydrogen) atoms. The number of benzene rings is 2. The van der Waals surface area contributed by atoms with Gasteiger partial charge in [0.1, 0.15) is 0 Å². The predicted octanol–water partition coefficient (Wildman–Crippen LogP) is 4.31. The molecule has 0 spiro atoms. The largest absolute Gasteiger partial charge is 0.326 e. The normalized spacial score (nSPS) is 15.8. The summed E-state index contributed by atoms with van der Waals surface area (Å²) in [5.74, 6) is 0.0810. The van der Waals surface area contributed by atoms with Crippen LogP contribution in [0.1, 0.15) is 17.5 Å². The maximum absolute atomic E-state index is 12.2. The lowest BCUT2D eigenvalue weighted by Gasteiger charge is -2.34. The number of carbonyl (C=O) groups excluding carboxylic acids is 1. The summed E-state index contributed by atoms with van der Waals surface area (Å²) >= 11 is 6.01. The molecule has 5 heteroatoms. The maximum Gasteiger partial charge on any atom is 0.225 e. The fourth-order valence-corrected chi connectivity index (χ4v) is 3.55. The highest BCUT2D eigenvalue weighted by molar-refractivity contribution is 6.30. The highest BCUT2D eigenvalue weighted by Crippen LogP contribution is 2.12. The van der Waals surface area contributed by atoms with Gasteiger partial charge < -0.3 is 10.2 Å². The van der Waals surface area contributed by atoms with Gasteiger partial charge in [-0.2, -0.15) is 0 Å².